The van der Waals surface area contributed by atoms with Crippen molar-refractivity contribution >= 4 is 43.6 Å². The van der Waals surface area contributed by atoms with Crippen molar-refractivity contribution in [3.8, 4) is 22.3 Å². The van der Waals surface area contributed by atoms with Gasteiger partial charge in [-0.2, -0.15) is 0 Å². The molecule has 0 amide bonds. The number of pyridine rings is 1. The summed E-state index contributed by atoms with van der Waals surface area (Å²) in [5, 5.41) is 15.3. The molecule has 51 heavy (non-hydrogen) atoms. The molecule has 1 aromatic heterocycles. The summed E-state index contributed by atoms with van der Waals surface area (Å²) in [6.07, 6.45) is 5.97. The Hall–Kier alpha value is -6.65. The Morgan fingerprint density at radius 3 is 2.14 bits per heavy atom. The number of anilines is 1. The molecule has 1 atom stereocenters. The van der Waals surface area contributed by atoms with E-state index < -0.39 is 0 Å². The second-order valence-corrected chi connectivity index (χ2v) is 13.4. The molecular formula is C47H34N4. The number of aromatic nitrogens is 1. The summed E-state index contributed by atoms with van der Waals surface area (Å²) in [7, 11) is 0. The lowest BCUT2D eigenvalue weighted by Gasteiger charge is -2.31. The van der Waals surface area contributed by atoms with Crippen LogP contribution >= 0.6 is 0 Å². The van der Waals surface area contributed by atoms with E-state index in [0.717, 1.165) is 34.9 Å². The average Bonchev–Trinajstić information content (AvgIpc) is 3.60. The Morgan fingerprint density at radius 1 is 0.549 bits per heavy atom. The zero-order valence-electron chi connectivity index (χ0n) is 27.9. The largest absolute Gasteiger partial charge is 0.366 e. The minimum absolute atomic E-state index is 0.154. The van der Waals surface area contributed by atoms with Crippen molar-refractivity contribution in [2.45, 2.75) is 6.17 Å². The number of hydrogen-bond acceptors (Lipinski definition) is 4. The Bertz CT molecular complexity index is 2680. The molecule has 8 aromatic rings. The molecule has 2 aliphatic heterocycles. The second-order valence-electron chi connectivity index (χ2n) is 13.4. The van der Waals surface area contributed by atoms with Gasteiger partial charge in [0.15, 0.2) is 0 Å². The SMILES string of the molecule is C1=C(c2ccc3ccccc3c2)CNC2=C1NC(c1cc(-c3cccnc3)cc(-c3cc4ccccc4c4ccccc34)c1)N2c1ccccc1. The van der Waals surface area contributed by atoms with E-state index in [9.17, 15) is 0 Å². The van der Waals surface area contributed by atoms with Crippen LogP contribution in [0.25, 0.3) is 60.1 Å². The molecule has 4 nitrogen and oxygen atoms in total. The first-order valence-electron chi connectivity index (χ1n) is 17.5. The highest BCUT2D eigenvalue weighted by Crippen LogP contribution is 2.42. The van der Waals surface area contributed by atoms with Gasteiger partial charge in [0.1, 0.15) is 12.0 Å². The molecule has 4 heteroatoms. The number of dihydropyridines is 1. The molecule has 0 saturated heterocycles. The topological polar surface area (TPSA) is 40.2 Å². The van der Waals surface area contributed by atoms with Gasteiger partial charge < -0.3 is 15.5 Å². The van der Waals surface area contributed by atoms with E-state index in [1.807, 2.05) is 18.5 Å². The summed E-state index contributed by atoms with van der Waals surface area (Å²) < 4.78 is 0. The molecule has 242 valence electrons. The van der Waals surface area contributed by atoms with Crippen LogP contribution in [0.1, 0.15) is 17.3 Å². The Kier molecular flexibility index (Phi) is 6.91. The number of allylic oxidation sites excluding steroid dienone is 1. The number of nitrogens with zero attached hydrogens (tertiary/aromatic N) is 2. The van der Waals surface area contributed by atoms with Gasteiger partial charge >= 0.3 is 0 Å². The lowest BCUT2D eigenvalue weighted by Crippen LogP contribution is -2.34. The molecule has 7 aromatic carbocycles. The highest BCUT2D eigenvalue weighted by Gasteiger charge is 2.35. The smallest absolute Gasteiger partial charge is 0.132 e. The number of para-hydroxylation sites is 1. The number of hydrogen-bond donors (Lipinski definition) is 2. The molecule has 0 fully saturated rings. The number of rotatable bonds is 5. The van der Waals surface area contributed by atoms with E-state index in [1.165, 1.54) is 60.1 Å². The van der Waals surface area contributed by atoms with Crippen LogP contribution in [0.5, 0.6) is 0 Å². The second kappa shape index (κ2) is 12.0. The number of fused-ring (bicyclic) bond motifs is 4. The van der Waals surface area contributed by atoms with Crippen LogP contribution in [0, 0.1) is 0 Å². The minimum Gasteiger partial charge on any atom is -0.366 e. The highest BCUT2D eigenvalue weighted by molar-refractivity contribution is 6.14. The van der Waals surface area contributed by atoms with Gasteiger partial charge in [0.2, 0.25) is 0 Å². The fraction of sp³-hybridized carbons (Fsp3) is 0.0426. The lowest BCUT2D eigenvalue weighted by atomic mass is 9.90. The average molecular weight is 655 g/mol. The summed E-state index contributed by atoms with van der Waals surface area (Å²) in [5.74, 6) is 1.08. The molecule has 0 bridgehead atoms. The molecule has 2 N–H and O–H groups in total. The molecule has 1 unspecified atom stereocenters. The molecule has 0 spiro atoms. The van der Waals surface area contributed by atoms with E-state index in [-0.39, 0.29) is 6.17 Å². The van der Waals surface area contributed by atoms with Crippen LogP contribution in [-0.2, 0) is 0 Å². The number of benzene rings is 7. The maximum absolute atomic E-state index is 4.51. The lowest BCUT2D eigenvalue weighted by molar-refractivity contribution is 0.642. The summed E-state index contributed by atoms with van der Waals surface area (Å²) in [5.41, 5.74) is 10.5. The van der Waals surface area contributed by atoms with Crippen LogP contribution in [-0.4, -0.2) is 11.5 Å². The van der Waals surface area contributed by atoms with Crippen LogP contribution in [0.2, 0.25) is 0 Å². The van der Waals surface area contributed by atoms with Crippen molar-refractivity contribution in [2.75, 3.05) is 11.4 Å². The van der Waals surface area contributed by atoms with Crippen molar-refractivity contribution < 1.29 is 0 Å². The first kappa shape index (κ1) is 29.3. The first-order valence-corrected chi connectivity index (χ1v) is 17.5. The van der Waals surface area contributed by atoms with Gasteiger partial charge in [-0.3, -0.25) is 4.98 Å². The normalized spacial score (nSPS) is 15.5. The maximum atomic E-state index is 4.51. The van der Waals surface area contributed by atoms with Gasteiger partial charge in [0, 0.05) is 30.2 Å². The fourth-order valence-electron chi connectivity index (χ4n) is 7.87. The molecule has 3 heterocycles. The van der Waals surface area contributed by atoms with Gasteiger partial charge in [-0.05, 0) is 120 Å². The Balaban J connectivity index is 1.14. The van der Waals surface area contributed by atoms with Crippen molar-refractivity contribution in [1.29, 1.82) is 0 Å². The van der Waals surface area contributed by atoms with Crippen LogP contribution in [0.3, 0.4) is 0 Å². The van der Waals surface area contributed by atoms with Gasteiger partial charge in [0.05, 0.1) is 5.70 Å². The summed E-state index contributed by atoms with van der Waals surface area (Å²) in [4.78, 5) is 6.92. The van der Waals surface area contributed by atoms with E-state index in [4.69, 9.17) is 0 Å². The van der Waals surface area contributed by atoms with Crippen molar-refractivity contribution in [1.82, 2.24) is 15.6 Å². The monoisotopic (exact) mass is 654 g/mol. The molecular weight excluding hydrogens is 621 g/mol. The summed E-state index contributed by atoms with van der Waals surface area (Å²) >= 11 is 0. The Morgan fingerprint density at radius 2 is 1.29 bits per heavy atom. The van der Waals surface area contributed by atoms with Gasteiger partial charge in [0.25, 0.3) is 0 Å². The predicted molar refractivity (Wildman–Crippen MR) is 212 cm³/mol. The molecule has 0 radical (unpaired) electrons. The molecule has 2 aliphatic rings. The van der Waals surface area contributed by atoms with E-state index in [2.05, 4.69) is 178 Å². The third kappa shape index (κ3) is 5.12. The van der Waals surface area contributed by atoms with Crippen LogP contribution in [0.15, 0.2) is 188 Å². The van der Waals surface area contributed by atoms with Crippen molar-refractivity contribution in [3.63, 3.8) is 0 Å². The van der Waals surface area contributed by atoms with E-state index in [0.29, 0.717) is 0 Å². The quantitative estimate of drug-likeness (QED) is 0.181. The third-order valence-corrected chi connectivity index (χ3v) is 10.3. The zero-order valence-corrected chi connectivity index (χ0v) is 27.9. The highest BCUT2D eigenvalue weighted by atomic mass is 15.4. The molecule has 0 saturated carbocycles. The standard InChI is InChI=1S/C47H34N4/c1-2-15-40(16-3-1)51-46(50-45-28-39(30-49-47(45)51)33-21-20-31-11-4-5-12-32(31)23-33)38-25-36(35-14-10-22-48-29-35)24-37(26-38)44-27-34-13-6-7-17-41(34)42-18-8-9-19-43(42)44/h1-29,46,49-50H,30H2. The van der Waals surface area contributed by atoms with Gasteiger partial charge in [-0.15, -0.1) is 0 Å². The van der Waals surface area contributed by atoms with E-state index >= 15 is 0 Å². The van der Waals surface area contributed by atoms with Crippen molar-refractivity contribution in [3.05, 3.63) is 199 Å². The van der Waals surface area contributed by atoms with Crippen LogP contribution in [0.4, 0.5) is 5.69 Å². The number of nitrogens with one attached hydrogen (secondary N) is 2. The third-order valence-electron chi connectivity index (χ3n) is 10.3. The summed E-state index contributed by atoms with van der Waals surface area (Å²) in [6, 6.07) is 57.0. The van der Waals surface area contributed by atoms with Gasteiger partial charge in [-0.1, -0.05) is 109 Å². The predicted octanol–water partition coefficient (Wildman–Crippen LogP) is 10.8. The minimum atomic E-state index is -0.154. The van der Waals surface area contributed by atoms with E-state index in [1.54, 1.807) is 0 Å². The fourth-order valence-corrected chi connectivity index (χ4v) is 7.87. The van der Waals surface area contributed by atoms with Crippen LogP contribution < -0.4 is 15.5 Å². The maximum Gasteiger partial charge on any atom is 0.132 e. The zero-order chi connectivity index (χ0) is 33.7. The molecule has 0 aliphatic carbocycles. The van der Waals surface area contributed by atoms with Gasteiger partial charge in [-0.25, -0.2) is 0 Å². The summed E-state index contributed by atoms with van der Waals surface area (Å²) in [6.45, 7) is 0.735. The Labute approximate surface area is 297 Å². The first-order chi connectivity index (χ1) is 25.3. The van der Waals surface area contributed by atoms with Crippen molar-refractivity contribution in [2.24, 2.45) is 0 Å². The molecule has 10 rings (SSSR count).